The second-order valence-corrected chi connectivity index (χ2v) is 15.6. The molecule has 1 fully saturated rings. The Morgan fingerprint density at radius 3 is 1.79 bits per heavy atom. The average molecular weight is 730 g/mol. The van der Waals surface area contributed by atoms with E-state index in [-0.39, 0.29) is 0 Å². The third-order valence-corrected chi connectivity index (χ3v) is 11.1. The van der Waals surface area contributed by atoms with E-state index in [1.54, 1.807) is 0 Å². The molecule has 0 aromatic heterocycles. The van der Waals surface area contributed by atoms with E-state index in [0.717, 1.165) is 76.3 Å². The number of nitrogens with one attached hydrogen (secondary N) is 4. The predicted octanol–water partition coefficient (Wildman–Crippen LogP) is 11.1. The lowest BCUT2D eigenvalue weighted by molar-refractivity contribution is 0.210. The van der Waals surface area contributed by atoms with Gasteiger partial charge in [0.25, 0.3) is 0 Å². The van der Waals surface area contributed by atoms with Crippen molar-refractivity contribution in [3.05, 3.63) is 0 Å². The van der Waals surface area contributed by atoms with Crippen LogP contribution in [0.5, 0.6) is 0 Å². The lowest BCUT2D eigenvalue weighted by Gasteiger charge is -2.41. The van der Waals surface area contributed by atoms with Gasteiger partial charge in [-0.05, 0) is 58.8 Å². The lowest BCUT2D eigenvalue weighted by atomic mass is 10.00. The van der Waals surface area contributed by atoms with Crippen molar-refractivity contribution in [2.24, 2.45) is 11.8 Å². The number of hydrogen-bond acceptors (Lipinski definition) is 9. The SMILES string of the molecule is CCCCCCCCCCCCN(N)N(NCC(CC)CCCC)c1c(NC2CCCC2)c(NCCCC)c(N(CC)CC)c(N(C)C)c1NCC. The normalized spacial score (nSPS) is 13.9. The van der Waals surface area contributed by atoms with Gasteiger partial charge in [-0.3, -0.25) is 0 Å². The van der Waals surface area contributed by atoms with Crippen molar-refractivity contribution in [2.45, 2.75) is 183 Å². The number of anilines is 6. The molecule has 6 N–H and O–H groups in total. The summed E-state index contributed by atoms with van der Waals surface area (Å²) < 4.78 is 0. The Morgan fingerprint density at radius 1 is 0.654 bits per heavy atom. The van der Waals surface area contributed by atoms with Gasteiger partial charge in [-0.1, -0.05) is 124 Å². The van der Waals surface area contributed by atoms with Crippen LogP contribution in [0, 0.1) is 5.92 Å². The smallest absolute Gasteiger partial charge is 0.122 e. The molecule has 0 heterocycles. The molecule has 1 aromatic carbocycles. The molecule has 9 nitrogen and oxygen atoms in total. The van der Waals surface area contributed by atoms with Crippen LogP contribution in [0.2, 0.25) is 0 Å². The predicted molar refractivity (Wildman–Crippen MR) is 234 cm³/mol. The zero-order valence-corrected chi connectivity index (χ0v) is 35.9. The largest absolute Gasteiger partial charge is 0.382 e. The van der Waals surface area contributed by atoms with E-state index >= 15 is 0 Å². The molecule has 0 amide bonds. The van der Waals surface area contributed by atoms with Crippen LogP contribution in [0.25, 0.3) is 0 Å². The van der Waals surface area contributed by atoms with E-state index in [0.29, 0.717) is 12.0 Å². The fraction of sp³-hybridized carbons (Fsp3) is 0.860. The van der Waals surface area contributed by atoms with E-state index < -0.39 is 0 Å². The van der Waals surface area contributed by atoms with E-state index in [9.17, 15) is 0 Å². The van der Waals surface area contributed by atoms with Crippen LogP contribution in [0.3, 0.4) is 0 Å². The summed E-state index contributed by atoms with van der Waals surface area (Å²) in [6, 6.07) is 0.442. The van der Waals surface area contributed by atoms with Crippen molar-refractivity contribution in [1.29, 1.82) is 0 Å². The van der Waals surface area contributed by atoms with E-state index in [2.05, 4.69) is 98.9 Å². The molecule has 1 aliphatic carbocycles. The molecular formula is C43H87N9. The van der Waals surface area contributed by atoms with Crippen molar-refractivity contribution in [3.8, 4) is 0 Å². The highest BCUT2D eigenvalue weighted by Gasteiger charge is 2.33. The summed E-state index contributed by atoms with van der Waals surface area (Å²) in [4.78, 5) is 4.85. The van der Waals surface area contributed by atoms with E-state index in [1.165, 1.54) is 125 Å². The molecule has 1 aromatic rings. The molecule has 304 valence electrons. The summed E-state index contributed by atoms with van der Waals surface area (Å²) in [6.07, 6.45) is 25.3. The number of nitrogens with zero attached hydrogens (tertiary/aromatic N) is 4. The highest BCUT2D eigenvalue weighted by atomic mass is 15.9. The summed E-state index contributed by atoms with van der Waals surface area (Å²) in [5.41, 5.74) is 11.1. The van der Waals surface area contributed by atoms with Gasteiger partial charge in [-0.15, -0.1) is 5.12 Å². The van der Waals surface area contributed by atoms with Crippen LogP contribution < -0.4 is 42.1 Å². The number of unbranched alkanes of at least 4 members (excludes halogenated alkanes) is 11. The maximum absolute atomic E-state index is 7.27. The Hall–Kier alpha value is -2.10. The quantitative estimate of drug-likeness (QED) is 0.0283. The summed E-state index contributed by atoms with van der Waals surface area (Å²) >= 11 is 0. The fourth-order valence-electron chi connectivity index (χ4n) is 7.85. The molecular weight excluding hydrogens is 643 g/mol. The minimum atomic E-state index is 0.442. The maximum atomic E-state index is 7.27. The molecule has 2 rings (SSSR count). The number of hydrogen-bond donors (Lipinski definition) is 5. The summed E-state index contributed by atoms with van der Waals surface area (Å²) in [5.74, 6) is 7.86. The minimum absolute atomic E-state index is 0.442. The molecule has 1 saturated carbocycles. The molecule has 1 unspecified atom stereocenters. The van der Waals surface area contributed by atoms with Crippen molar-refractivity contribution in [1.82, 2.24) is 10.5 Å². The molecule has 0 spiro atoms. The van der Waals surface area contributed by atoms with Gasteiger partial charge in [0.05, 0.1) is 28.4 Å². The topological polar surface area (TPSA) is 87.1 Å². The first-order chi connectivity index (χ1) is 25.3. The average Bonchev–Trinajstić information content (AvgIpc) is 3.66. The molecule has 1 atom stereocenters. The van der Waals surface area contributed by atoms with Gasteiger partial charge < -0.3 is 25.8 Å². The van der Waals surface area contributed by atoms with Crippen LogP contribution in [0.4, 0.5) is 34.1 Å². The highest BCUT2D eigenvalue weighted by molar-refractivity contribution is 6.08. The Labute approximate surface area is 322 Å². The van der Waals surface area contributed by atoms with Crippen LogP contribution >= 0.6 is 0 Å². The molecule has 9 heteroatoms. The number of benzene rings is 1. The Morgan fingerprint density at radius 2 is 1.25 bits per heavy atom. The van der Waals surface area contributed by atoms with Gasteiger partial charge in [0, 0.05) is 59.4 Å². The van der Waals surface area contributed by atoms with Crippen LogP contribution in [-0.2, 0) is 0 Å². The van der Waals surface area contributed by atoms with E-state index in [4.69, 9.17) is 5.84 Å². The number of hydrazine groups is 3. The zero-order valence-electron chi connectivity index (χ0n) is 35.9. The second kappa shape index (κ2) is 27.5. The third-order valence-electron chi connectivity index (χ3n) is 11.1. The zero-order chi connectivity index (χ0) is 38.1. The summed E-state index contributed by atoms with van der Waals surface area (Å²) in [5, 5.41) is 16.4. The van der Waals surface area contributed by atoms with Crippen molar-refractivity contribution in [2.75, 3.05) is 84.2 Å². The number of rotatable bonds is 32. The summed E-state index contributed by atoms with van der Waals surface area (Å²) in [7, 11) is 4.40. The van der Waals surface area contributed by atoms with Gasteiger partial charge >= 0.3 is 0 Å². The minimum Gasteiger partial charge on any atom is -0.382 e. The molecule has 0 radical (unpaired) electrons. The molecule has 0 aliphatic heterocycles. The first-order valence-electron chi connectivity index (χ1n) is 22.3. The first-order valence-corrected chi connectivity index (χ1v) is 22.3. The van der Waals surface area contributed by atoms with Crippen LogP contribution in [0.1, 0.15) is 177 Å². The molecule has 0 saturated heterocycles. The lowest BCUT2D eigenvalue weighted by Crippen LogP contribution is -2.57. The Balaban J connectivity index is 2.70. The van der Waals surface area contributed by atoms with Crippen molar-refractivity contribution < 1.29 is 0 Å². The van der Waals surface area contributed by atoms with Gasteiger partial charge in [0.15, 0.2) is 0 Å². The Bertz CT molecular complexity index is 1040. The van der Waals surface area contributed by atoms with Crippen molar-refractivity contribution >= 4 is 34.1 Å². The van der Waals surface area contributed by atoms with Crippen LogP contribution in [-0.4, -0.2) is 64.5 Å². The first kappa shape index (κ1) is 46.1. The molecule has 0 bridgehead atoms. The molecule has 1 aliphatic rings. The molecule has 52 heavy (non-hydrogen) atoms. The van der Waals surface area contributed by atoms with Gasteiger partial charge in [-0.2, -0.15) is 0 Å². The monoisotopic (exact) mass is 730 g/mol. The third kappa shape index (κ3) is 15.0. The van der Waals surface area contributed by atoms with Gasteiger partial charge in [-0.25, -0.2) is 16.4 Å². The van der Waals surface area contributed by atoms with Crippen molar-refractivity contribution in [3.63, 3.8) is 0 Å². The second-order valence-electron chi connectivity index (χ2n) is 15.6. The fourth-order valence-corrected chi connectivity index (χ4v) is 7.85. The highest BCUT2D eigenvalue weighted by Crippen LogP contribution is 2.54. The van der Waals surface area contributed by atoms with E-state index in [1.807, 2.05) is 5.12 Å². The van der Waals surface area contributed by atoms with Gasteiger partial charge in [0.1, 0.15) is 5.69 Å². The maximum Gasteiger partial charge on any atom is 0.122 e. The summed E-state index contributed by atoms with van der Waals surface area (Å²) in [6.45, 7) is 21.3. The van der Waals surface area contributed by atoms with Gasteiger partial charge in [0.2, 0.25) is 0 Å². The Kier molecular flexibility index (Phi) is 24.3. The standard InChI is InChI=1S/C43H87N9/c1-10-17-20-21-22-23-24-25-26-29-34-51(44)52(47-35-36(13-4)30-18-11-2)41-39(48-37-31-27-28-32-37)38(46-33-19-12-3)43(50(15-6)16-7)42(49(8)9)40(41)45-14-5/h36-37,45-48H,10-35,44H2,1-9H3. The van der Waals surface area contributed by atoms with Crippen LogP contribution in [0.15, 0.2) is 0 Å². The number of nitrogens with two attached hydrogens (primary N) is 1.